The van der Waals surface area contributed by atoms with Crippen molar-refractivity contribution in [1.29, 1.82) is 0 Å². The van der Waals surface area contributed by atoms with Gasteiger partial charge in [0.05, 0.1) is 11.4 Å². The molecule has 7 nitrogen and oxygen atoms in total. The van der Waals surface area contributed by atoms with Crippen LogP contribution in [0.4, 0.5) is 5.69 Å². The van der Waals surface area contributed by atoms with Gasteiger partial charge in [0.25, 0.3) is 0 Å². The fraction of sp³-hybridized carbons (Fsp3) is 0.375. The third kappa shape index (κ3) is 1.68. The summed E-state index contributed by atoms with van der Waals surface area (Å²) in [6.07, 6.45) is -0.725. The maximum atomic E-state index is 12.9. The molecule has 0 saturated carbocycles. The number of anilines is 1. The van der Waals surface area contributed by atoms with Crippen LogP contribution in [-0.2, 0) is 19.1 Å². The third-order valence-electron chi connectivity index (χ3n) is 4.64. The number of amides is 3. The van der Waals surface area contributed by atoms with Crippen LogP contribution in [0.5, 0.6) is 0 Å². The van der Waals surface area contributed by atoms with Crippen LogP contribution in [0.2, 0.25) is 0 Å². The lowest BCUT2D eigenvalue weighted by atomic mass is 9.82. The van der Waals surface area contributed by atoms with E-state index >= 15 is 0 Å². The molecule has 3 heterocycles. The molecule has 3 aliphatic rings. The topological polar surface area (TPSA) is 88.1 Å². The van der Waals surface area contributed by atoms with Gasteiger partial charge in [-0.25, -0.2) is 4.90 Å². The molecule has 4 rings (SSSR count). The highest BCUT2D eigenvalue weighted by atomic mass is 16.6. The standard InChI is InChI=1S/C16H15N3O4/c1-8-16(18-9(2)20)12-11(13(17-8)23-16)14(21)19(15(12)22)10-6-4-3-5-7-10/h3-7,11-13H,1-2H3,(H,18,20)/t11-,12-,13-,16-/m0/s1. The maximum absolute atomic E-state index is 12.9. The average Bonchev–Trinajstić information content (AvgIpc) is 3.07. The van der Waals surface area contributed by atoms with Gasteiger partial charge >= 0.3 is 0 Å². The molecule has 3 amide bonds. The van der Waals surface area contributed by atoms with Crippen LogP contribution in [0.1, 0.15) is 13.8 Å². The van der Waals surface area contributed by atoms with E-state index in [1.54, 1.807) is 31.2 Å². The SMILES string of the molecule is CC(=O)N[C@]12O[C@H](N=C1C)[C@H]1C(=O)N(c3ccccc3)C(=O)[C@H]12. The number of hydrogen-bond donors (Lipinski definition) is 1. The molecule has 4 atom stereocenters. The van der Waals surface area contributed by atoms with Gasteiger partial charge in [-0.15, -0.1) is 0 Å². The smallest absolute Gasteiger partial charge is 0.243 e. The molecular formula is C16H15N3O4. The number of carbonyl (C=O) groups is 3. The number of rotatable bonds is 2. The molecule has 7 heteroatoms. The quantitative estimate of drug-likeness (QED) is 0.803. The van der Waals surface area contributed by atoms with Crippen molar-refractivity contribution in [1.82, 2.24) is 5.32 Å². The van der Waals surface area contributed by atoms with Crippen LogP contribution in [0.3, 0.4) is 0 Å². The van der Waals surface area contributed by atoms with Crippen molar-refractivity contribution in [3.63, 3.8) is 0 Å². The highest BCUT2D eigenvalue weighted by Gasteiger charge is 2.71. The first kappa shape index (κ1) is 14.1. The number of nitrogens with zero attached hydrogens (tertiary/aromatic N) is 2. The summed E-state index contributed by atoms with van der Waals surface area (Å²) < 4.78 is 5.77. The molecule has 0 aromatic heterocycles. The van der Waals surface area contributed by atoms with E-state index < -0.39 is 23.8 Å². The molecule has 2 saturated heterocycles. The summed E-state index contributed by atoms with van der Waals surface area (Å²) in [5, 5.41) is 2.70. The Bertz CT molecular complexity index is 760. The van der Waals surface area contributed by atoms with Gasteiger partial charge in [-0.05, 0) is 19.1 Å². The lowest BCUT2D eigenvalue weighted by Crippen LogP contribution is -2.58. The molecular weight excluding hydrogens is 298 g/mol. The number of ether oxygens (including phenoxy) is 1. The third-order valence-corrected chi connectivity index (χ3v) is 4.64. The Kier molecular flexibility index (Phi) is 2.74. The molecule has 0 unspecified atom stereocenters. The van der Waals surface area contributed by atoms with Gasteiger partial charge in [0.2, 0.25) is 17.7 Å². The Morgan fingerprint density at radius 3 is 2.61 bits per heavy atom. The molecule has 1 aromatic carbocycles. The lowest BCUT2D eigenvalue weighted by Gasteiger charge is -2.31. The Balaban J connectivity index is 1.79. The number of fused-ring (bicyclic) bond motifs is 5. The largest absolute Gasteiger partial charge is 0.324 e. The summed E-state index contributed by atoms with van der Waals surface area (Å²) in [7, 11) is 0. The number of carbonyl (C=O) groups excluding carboxylic acids is 3. The first-order chi connectivity index (χ1) is 11.0. The van der Waals surface area contributed by atoms with Crippen molar-refractivity contribution < 1.29 is 19.1 Å². The van der Waals surface area contributed by atoms with E-state index in [1.165, 1.54) is 11.8 Å². The fourth-order valence-corrected chi connectivity index (χ4v) is 3.74. The number of hydrogen-bond acceptors (Lipinski definition) is 5. The van der Waals surface area contributed by atoms with Crippen molar-refractivity contribution >= 4 is 29.1 Å². The number of imide groups is 1. The maximum Gasteiger partial charge on any atom is 0.243 e. The van der Waals surface area contributed by atoms with E-state index in [0.29, 0.717) is 11.4 Å². The van der Waals surface area contributed by atoms with Gasteiger partial charge in [-0.3, -0.25) is 19.4 Å². The highest BCUT2D eigenvalue weighted by Crippen LogP contribution is 2.51. The molecule has 1 N–H and O–H groups in total. The number of benzene rings is 1. The zero-order chi connectivity index (χ0) is 16.4. The first-order valence-corrected chi connectivity index (χ1v) is 7.40. The van der Waals surface area contributed by atoms with E-state index in [4.69, 9.17) is 4.74 Å². The summed E-state index contributed by atoms with van der Waals surface area (Å²) in [4.78, 5) is 42.8. The zero-order valence-corrected chi connectivity index (χ0v) is 12.6. The van der Waals surface area contributed by atoms with Gasteiger partial charge in [-0.2, -0.15) is 0 Å². The lowest BCUT2D eigenvalue weighted by molar-refractivity contribution is -0.131. The van der Waals surface area contributed by atoms with Gasteiger partial charge < -0.3 is 10.1 Å². The minimum atomic E-state index is -1.31. The molecule has 0 spiro atoms. The highest BCUT2D eigenvalue weighted by molar-refractivity contribution is 6.25. The fourth-order valence-electron chi connectivity index (χ4n) is 3.74. The minimum absolute atomic E-state index is 0.334. The van der Waals surface area contributed by atoms with Gasteiger partial charge in [0, 0.05) is 6.92 Å². The molecule has 2 fully saturated rings. The van der Waals surface area contributed by atoms with Crippen molar-refractivity contribution in [2.75, 3.05) is 4.90 Å². The first-order valence-electron chi connectivity index (χ1n) is 7.40. The molecule has 3 aliphatic heterocycles. The second-order valence-corrected chi connectivity index (χ2v) is 5.99. The predicted octanol–water partition coefficient (Wildman–Crippen LogP) is 0.455. The van der Waals surface area contributed by atoms with Crippen molar-refractivity contribution in [2.24, 2.45) is 16.8 Å². The van der Waals surface area contributed by atoms with Crippen molar-refractivity contribution in [3.05, 3.63) is 30.3 Å². The Morgan fingerprint density at radius 1 is 1.26 bits per heavy atom. The Morgan fingerprint density at radius 2 is 1.96 bits per heavy atom. The Labute approximate surface area is 132 Å². The summed E-state index contributed by atoms with van der Waals surface area (Å²) >= 11 is 0. The van der Waals surface area contributed by atoms with Crippen molar-refractivity contribution in [3.8, 4) is 0 Å². The summed E-state index contributed by atoms with van der Waals surface area (Å²) in [5.74, 6) is -2.50. The van der Waals surface area contributed by atoms with Crippen LogP contribution in [0.15, 0.2) is 35.3 Å². The molecule has 0 radical (unpaired) electrons. The number of para-hydroxylation sites is 1. The molecule has 23 heavy (non-hydrogen) atoms. The monoisotopic (exact) mass is 313 g/mol. The van der Waals surface area contributed by atoms with Crippen LogP contribution < -0.4 is 10.2 Å². The number of nitrogens with one attached hydrogen (secondary N) is 1. The predicted molar refractivity (Wildman–Crippen MR) is 80.4 cm³/mol. The summed E-state index contributed by atoms with van der Waals surface area (Å²) in [6.45, 7) is 3.05. The van der Waals surface area contributed by atoms with E-state index in [1.807, 2.05) is 6.07 Å². The second kappa shape index (κ2) is 4.48. The minimum Gasteiger partial charge on any atom is -0.324 e. The van der Waals surface area contributed by atoms with Gasteiger partial charge in [0.15, 0.2) is 12.0 Å². The summed E-state index contributed by atoms with van der Waals surface area (Å²) in [5.41, 5.74) is -0.265. The normalized spacial score (nSPS) is 34.6. The van der Waals surface area contributed by atoms with E-state index in [-0.39, 0.29) is 17.7 Å². The molecule has 1 aromatic rings. The van der Waals surface area contributed by atoms with Gasteiger partial charge in [-0.1, -0.05) is 18.2 Å². The zero-order valence-electron chi connectivity index (χ0n) is 12.6. The average molecular weight is 313 g/mol. The Hall–Kier alpha value is -2.54. The molecule has 118 valence electrons. The van der Waals surface area contributed by atoms with Crippen LogP contribution >= 0.6 is 0 Å². The molecule has 2 bridgehead atoms. The summed E-state index contributed by atoms with van der Waals surface area (Å²) in [6, 6.07) is 8.76. The van der Waals surface area contributed by atoms with Crippen LogP contribution in [0.25, 0.3) is 0 Å². The second-order valence-electron chi connectivity index (χ2n) is 5.99. The van der Waals surface area contributed by atoms with Crippen LogP contribution in [0, 0.1) is 11.8 Å². The van der Waals surface area contributed by atoms with E-state index in [9.17, 15) is 14.4 Å². The van der Waals surface area contributed by atoms with E-state index in [2.05, 4.69) is 10.3 Å². The van der Waals surface area contributed by atoms with E-state index in [0.717, 1.165) is 0 Å². The number of aliphatic imine (C=N–C) groups is 1. The molecule has 0 aliphatic carbocycles. The van der Waals surface area contributed by atoms with Crippen molar-refractivity contribution in [2.45, 2.75) is 25.8 Å². The van der Waals surface area contributed by atoms with Crippen LogP contribution in [-0.4, -0.2) is 35.4 Å². The van der Waals surface area contributed by atoms with Gasteiger partial charge in [0.1, 0.15) is 11.8 Å².